The number of hydrogen-bond donors (Lipinski definition) is 0. The van der Waals surface area contributed by atoms with Crippen molar-refractivity contribution in [3.63, 3.8) is 0 Å². The molecule has 0 aliphatic carbocycles. The van der Waals surface area contributed by atoms with E-state index in [1.807, 2.05) is 4.74 Å². The number of rotatable bonds is 17. The lowest BCUT2D eigenvalue weighted by atomic mass is 9.87. The maximum absolute atomic E-state index is 14.3. The van der Waals surface area contributed by atoms with E-state index in [4.69, 9.17) is 0 Å². The highest BCUT2D eigenvalue weighted by Crippen LogP contribution is 2.66. The van der Waals surface area contributed by atoms with Gasteiger partial charge in [0, 0.05) is 12.1 Å². The van der Waals surface area contributed by atoms with Crippen LogP contribution in [-0.2, 0) is 4.74 Å². The van der Waals surface area contributed by atoms with E-state index in [1.54, 1.807) is 0 Å². The van der Waals surface area contributed by atoms with Gasteiger partial charge in [0.1, 0.15) is 4.90 Å². The van der Waals surface area contributed by atoms with Crippen molar-refractivity contribution in [1.82, 2.24) is 0 Å². The zero-order valence-electron chi connectivity index (χ0n) is 28.9. The summed E-state index contributed by atoms with van der Waals surface area (Å²) in [6, 6.07) is -1.03. The SMILES string of the molecule is O=C(Oc1c([N+](=O)[O-])ccc([N+](=O)[O-])c1SC(C(F)(F)F)C(F)(F)F)OC(F)(F)C(F)(F)C(F)(F)C(F)(F)C(F)(F)C(F)(F)C(F)(F)C(F)(F)C(F)(F)C(F)=C(F)C(F)(F)C(F)(F)C(F)(F)F. The molecule has 0 aliphatic rings. The number of benzene rings is 1. The highest BCUT2D eigenvalue weighted by Gasteiger charge is 2.97. The van der Waals surface area contributed by atoms with Crippen LogP contribution in [0.15, 0.2) is 28.7 Å². The molecule has 0 amide bonds. The Morgan fingerprint density at radius 1 is 0.478 bits per heavy atom. The number of allylic oxidation sites excluding steroid dienone is 2. The first-order chi connectivity index (χ1) is 28.9. The Labute approximate surface area is 343 Å². The van der Waals surface area contributed by atoms with E-state index in [2.05, 4.69) is 4.74 Å². The van der Waals surface area contributed by atoms with Gasteiger partial charge in [-0.3, -0.25) is 20.2 Å². The molecule has 0 fully saturated rings. The fourth-order valence-corrected chi connectivity index (χ4v) is 4.87. The molecular weight excluding hydrogens is 1090 g/mol. The highest BCUT2D eigenvalue weighted by molar-refractivity contribution is 8.00. The Balaban J connectivity index is 4.00. The van der Waals surface area contributed by atoms with Crippen LogP contribution in [0.4, 0.5) is 161 Å². The van der Waals surface area contributed by atoms with Gasteiger partial charge in [-0.25, -0.2) is 13.6 Å². The average molecular weight is 1090 g/mol. The van der Waals surface area contributed by atoms with Gasteiger partial charge in [0.05, 0.1) is 9.85 Å². The van der Waals surface area contributed by atoms with E-state index in [0.717, 1.165) is 0 Å². The molecule has 9 nitrogen and oxygen atoms in total. The molecule has 1 rings (SSSR count). The van der Waals surface area contributed by atoms with Crippen molar-refractivity contribution in [3.8, 4) is 5.75 Å². The monoisotopic (exact) mass is 1090 g/mol. The van der Waals surface area contributed by atoms with Crippen LogP contribution < -0.4 is 4.74 Å². The number of ether oxygens (including phenoxy) is 2. The zero-order chi connectivity index (χ0) is 54.3. The highest BCUT2D eigenvalue weighted by atomic mass is 32.2. The Hall–Kier alpha value is -4.93. The van der Waals surface area contributed by atoms with Crippen molar-refractivity contribution in [2.75, 3.05) is 0 Å². The Morgan fingerprint density at radius 3 is 1.09 bits per heavy atom. The number of carbonyl (C=O) groups is 1. The van der Waals surface area contributed by atoms with Crippen LogP contribution in [0.25, 0.3) is 0 Å². The molecule has 0 N–H and O–H groups in total. The van der Waals surface area contributed by atoms with E-state index < -0.39 is 163 Å². The van der Waals surface area contributed by atoms with Crippen LogP contribution in [-0.4, -0.2) is 105 Å². The molecule has 1 aromatic rings. The fourth-order valence-electron chi connectivity index (χ4n) is 3.85. The fraction of sp³-hybridized carbons (Fsp3) is 0.625. The Bertz CT molecular complexity index is 2090. The number of nitro benzene ring substituents is 2. The molecular formula is C24H3F33N2O7S. The Morgan fingerprint density at radius 2 is 0.776 bits per heavy atom. The minimum atomic E-state index is -9.97. The molecule has 67 heavy (non-hydrogen) atoms. The van der Waals surface area contributed by atoms with Crippen LogP contribution in [0.3, 0.4) is 0 Å². The second-order valence-corrected chi connectivity index (χ2v) is 12.8. The average Bonchev–Trinajstić information content (AvgIpc) is 3.10. The molecule has 388 valence electrons. The van der Waals surface area contributed by atoms with Crippen molar-refractivity contribution in [1.29, 1.82) is 0 Å². The van der Waals surface area contributed by atoms with E-state index >= 15 is 0 Å². The molecule has 0 radical (unpaired) electrons. The molecule has 0 aliphatic heterocycles. The summed E-state index contributed by atoms with van der Waals surface area (Å²) in [4.78, 5) is 27.1. The molecule has 0 bridgehead atoms. The first-order valence-corrected chi connectivity index (χ1v) is 15.2. The zero-order valence-corrected chi connectivity index (χ0v) is 29.7. The van der Waals surface area contributed by atoms with Gasteiger partial charge in [-0.15, -0.1) is 0 Å². The maximum atomic E-state index is 14.3. The first kappa shape index (κ1) is 60.1. The van der Waals surface area contributed by atoms with Gasteiger partial charge in [-0.1, -0.05) is 11.8 Å². The standard InChI is InChI=1S/C24H3F33N2O7S/c25-7(8(26)12(29,30)16(39,40)23(53,54)55)11(27,28)15(37,38)17(41,42)18(43,44)19(45,46)20(47,48)21(49,50)22(51,52)24(56,57)66-10(60)65-5-3(58(61)62)1-2-4(59(63)64)6(5)67-9(13(31,32)33)14(34,35)36/h1-2,9H. The molecule has 0 saturated heterocycles. The lowest BCUT2D eigenvalue weighted by molar-refractivity contribution is -0.473. The topological polar surface area (TPSA) is 122 Å². The normalized spacial score (nSPS) is 15.7. The minimum absolute atomic E-state index is 0.478. The quantitative estimate of drug-likeness (QED) is 0.0378. The van der Waals surface area contributed by atoms with Gasteiger partial charge in [-0.05, 0) is 0 Å². The second-order valence-electron chi connectivity index (χ2n) is 11.7. The van der Waals surface area contributed by atoms with E-state index in [-0.39, 0.29) is 0 Å². The number of thioether (sulfide) groups is 1. The maximum Gasteiger partial charge on any atom is 0.519 e. The van der Waals surface area contributed by atoms with E-state index in [9.17, 15) is 170 Å². The first-order valence-electron chi connectivity index (χ1n) is 14.4. The van der Waals surface area contributed by atoms with Crippen molar-refractivity contribution < 1.29 is 169 Å². The van der Waals surface area contributed by atoms with Crippen molar-refractivity contribution >= 4 is 29.3 Å². The molecule has 0 heterocycles. The van der Waals surface area contributed by atoms with Gasteiger partial charge in [0.25, 0.3) is 5.69 Å². The largest absolute Gasteiger partial charge is 0.519 e. The van der Waals surface area contributed by atoms with Crippen LogP contribution in [0.2, 0.25) is 0 Å². The summed E-state index contributed by atoms with van der Waals surface area (Å²) in [5, 5.41) is 17.3. The third kappa shape index (κ3) is 9.34. The molecule has 0 unspecified atom stereocenters. The number of alkyl halides is 31. The number of hydrogen-bond acceptors (Lipinski definition) is 8. The number of nitrogens with zero attached hydrogens (tertiary/aromatic N) is 2. The third-order valence-corrected chi connectivity index (χ3v) is 8.71. The molecule has 0 spiro atoms. The third-order valence-electron chi connectivity index (χ3n) is 7.31. The van der Waals surface area contributed by atoms with Crippen LogP contribution >= 0.6 is 11.8 Å². The summed E-state index contributed by atoms with van der Waals surface area (Å²) in [5.74, 6) is -109. The Kier molecular flexibility index (Phi) is 15.2. The van der Waals surface area contributed by atoms with Crippen LogP contribution in [0.5, 0.6) is 5.75 Å². The van der Waals surface area contributed by atoms with Gasteiger partial charge in [-0.2, -0.15) is 136 Å². The number of halogens is 33. The van der Waals surface area contributed by atoms with Gasteiger partial charge < -0.3 is 9.47 Å². The summed E-state index contributed by atoms with van der Waals surface area (Å²) >= 11 is -2.14. The minimum Gasteiger partial charge on any atom is -0.386 e. The summed E-state index contributed by atoms with van der Waals surface area (Å²) in [6.07, 6.45) is -34.4. The second kappa shape index (κ2) is 16.9. The number of nitro groups is 2. The van der Waals surface area contributed by atoms with Crippen molar-refractivity contribution in [3.05, 3.63) is 44.0 Å². The molecule has 0 saturated carbocycles. The smallest absolute Gasteiger partial charge is 0.386 e. The summed E-state index contributed by atoms with van der Waals surface area (Å²) in [7, 11) is 0. The van der Waals surface area contributed by atoms with Crippen LogP contribution in [0.1, 0.15) is 0 Å². The summed E-state index contributed by atoms with van der Waals surface area (Å²) < 4.78 is 454. The van der Waals surface area contributed by atoms with Crippen molar-refractivity contribution in [2.45, 2.75) is 94.0 Å². The predicted octanol–water partition coefficient (Wildman–Crippen LogP) is 13.3. The van der Waals surface area contributed by atoms with Gasteiger partial charge in [0.2, 0.25) is 22.7 Å². The lowest BCUT2D eigenvalue weighted by Gasteiger charge is -2.44. The predicted molar refractivity (Wildman–Crippen MR) is 138 cm³/mol. The van der Waals surface area contributed by atoms with E-state index in [1.165, 1.54) is 0 Å². The summed E-state index contributed by atoms with van der Waals surface area (Å²) in [6.45, 7) is 0. The lowest BCUT2D eigenvalue weighted by Crippen LogP contribution is -2.76. The molecule has 0 aromatic heterocycles. The summed E-state index contributed by atoms with van der Waals surface area (Å²) in [5.41, 5.74) is -4.91. The van der Waals surface area contributed by atoms with Gasteiger partial charge >= 0.3 is 95.7 Å². The molecule has 0 atom stereocenters. The van der Waals surface area contributed by atoms with Crippen molar-refractivity contribution in [2.24, 2.45) is 0 Å². The molecule has 1 aromatic carbocycles. The molecule has 43 heteroatoms. The van der Waals surface area contributed by atoms with Crippen LogP contribution in [0, 0.1) is 20.2 Å². The van der Waals surface area contributed by atoms with Gasteiger partial charge in [0.15, 0.2) is 0 Å². The van der Waals surface area contributed by atoms with E-state index in [0.29, 0.717) is 0 Å². The number of carbonyl (C=O) groups excluding carboxylic acids is 1.